The number of aryl methyl sites for hydroxylation is 1. The van der Waals surface area contributed by atoms with Gasteiger partial charge in [0.15, 0.2) is 0 Å². The van der Waals surface area contributed by atoms with Crippen molar-refractivity contribution < 1.29 is 9.59 Å². The molecule has 0 radical (unpaired) electrons. The van der Waals surface area contributed by atoms with Gasteiger partial charge in [0.05, 0.1) is 0 Å². The highest BCUT2D eigenvalue weighted by Gasteiger charge is 2.32. The first-order valence-electron chi connectivity index (χ1n) is 7.73. The number of benzene rings is 1. The second kappa shape index (κ2) is 6.36. The van der Waals surface area contributed by atoms with Gasteiger partial charge in [-0.2, -0.15) is 0 Å². The van der Waals surface area contributed by atoms with E-state index < -0.39 is 6.04 Å². The zero-order valence-electron chi connectivity index (χ0n) is 12.8. The number of piperazine rings is 1. The zero-order valence-corrected chi connectivity index (χ0v) is 12.8. The van der Waals surface area contributed by atoms with Gasteiger partial charge in [-0.05, 0) is 18.1 Å². The average molecular weight is 302 g/mol. The van der Waals surface area contributed by atoms with Gasteiger partial charge in [-0.1, -0.05) is 24.3 Å². The third-order valence-electron chi connectivity index (χ3n) is 4.41. The van der Waals surface area contributed by atoms with Crippen molar-refractivity contribution in [1.29, 1.82) is 0 Å². The summed E-state index contributed by atoms with van der Waals surface area (Å²) in [6.07, 6.45) is 0. The summed E-state index contributed by atoms with van der Waals surface area (Å²) in [5, 5.41) is 5.28. The highest BCUT2D eigenvalue weighted by molar-refractivity contribution is 5.90. The molecule has 0 aromatic heterocycles. The molecular formula is C16H22N4O2. The largest absolute Gasteiger partial charge is 0.338 e. The number of carbonyl (C=O) groups excluding carboxylic acids is 2. The molecule has 1 aromatic carbocycles. The van der Waals surface area contributed by atoms with E-state index in [9.17, 15) is 9.59 Å². The number of rotatable bonds is 3. The monoisotopic (exact) mass is 302 g/mol. The Bertz CT molecular complexity index is 567. The molecule has 1 aromatic rings. The molecule has 2 heterocycles. The maximum atomic E-state index is 12.3. The average Bonchev–Trinajstić information content (AvgIpc) is 2.96. The van der Waals surface area contributed by atoms with Crippen LogP contribution >= 0.6 is 0 Å². The van der Waals surface area contributed by atoms with Crippen LogP contribution in [0.4, 0.5) is 4.79 Å². The van der Waals surface area contributed by atoms with E-state index in [0.717, 1.165) is 32.7 Å². The van der Waals surface area contributed by atoms with Crippen LogP contribution in [0.3, 0.4) is 0 Å². The summed E-state index contributed by atoms with van der Waals surface area (Å²) in [5.41, 5.74) is 2.65. The maximum Gasteiger partial charge on any atom is 0.315 e. The Morgan fingerprint density at radius 1 is 1.23 bits per heavy atom. The minimum atomic E-state index is -0.407. The van der Waals surface area contributed by atoms with Crippen molar-refractivity contribution in [3.8, 4) is 0 Å². The van der Waals surface area contributed by atoms with E-state index in [-0.39, 0.29) is 11.9 Å². The molecular weight excluding hydrogens is 280 g/mol. The number of carbonyl (C=O) groups is 2. The molecule has 1 atom stereocenters. The predicted molar refractivity (Wildman–Crippen MR) is 83.4 cm³/mol. The molecule has 0 aliphatic carbocycles. The van der Waals surface area contributed by atoms with E-state index in [2.05, 4.69) is 46.7 Å². The topological polar surface area (TPSA) is 64.7 Å². The number of hydrogen-bond donors (Lipinski definition) is 2. The zero-order chi connectivity index (χ0) is 15.5. The number of nitrogens with zero attached hydrogens (tertiary/aromatic N) is 2. The van der Waals surface area contributed by atoms with Crippen molar-refractivity contribution in [3.63, 3.8) is 0 Å². The van der Waals surface area contributed by atoms with E-state index >= 15 is 0 Å². The lowest BCUT2D eigenvalue weighted by molar-refractivity contribution is -0.134. The summed E-state index contributed by atoms with van der Waals surface area (Å²) in [6, 6.07) is 7.75. The molecule has 2 aliphatic rings. The van der Waals surface area contributed by atoms with Crippen LogP contribution in [0.2, 0.25) is 0 Å². The van der Waals surface area contributed by atoms with E-state index in [4.69, 9.17) is 0 Å². The molecule has 3 amide bonds. The first-order chi connectivity index (χ1) is 10.6. The Balaban J connectivity index is 1.51. The third kappa shape index (κ3) is 3.22. The smallest absolute Gasteiger partial charge is 0.315 e. The van der Waals surface area contributed by atoms with Crippen molar-refractivity contribution in [2.75, 3.05) is 32.7 Å². The highest BCUT2D eigenvalue weighted by Crippen LogP contribution is 2.13. The van der Waals surface area contributed by atoms with Crippen LogP contribution in [0, 0.1) is 6.92 Å². The van der Waals surface area contributed by atoms with Gasteiger partial charge in [0.2, 0.25) is 5.91 Å². The lowest BCUT2D eigenvalue weighted by Gasteiger charge is -2.36. The lowest BCUT2D eigenvalue weighted by Crippen LogP contribution is -2.53. The standard InChI is InChI=1S/C16H22N4O2/c1-12-4-2-3-5-13(12)11-19-6-8-20(9-7-19)15(21)14-10-17-16(22)18-14/h2-5,14H,6-11H2,1H3,(H2,17,18,22). The Morgan fingerprint density at radius 2 is 1.95 bits per heavy atom. The molecule has 2 saturated heterocycles. The van der Waals surface area contributed by atoms with Crippen LogP contribution in [0.1, 0.15) is 11.1 Å². The minimum Gasteiger partial charge on any atom is -0.338 e. The molecule has 0 bridgehead atoms. The van der Waals surface area contributed by atoms with Gasteiger partial charge in [0.25, 0.3) is 0 Å². The Labute approximate surface area is 130 Å². The maximum absolute atomic E-state index is 12.3. The van der Waals surface area contributed by atoms with E-state index in [0.29, 0.717) is 6.54 Å². The van der Waals surface area contributed by atoms with Crippen molar-refractivity contribution >= 4 is 11.9 Å². The molecule has 2 N–H and O–H groups in total. The molecule has 22 heavy (non-hydrogen) atoms. The minimum absolute atomic E-state index is 0.0221. The van der Waals surface area contributed by atoms with Crippen molar-refractivity contribution in [1.82, 2.24) is 20.4 Å². The Hall–Kier alpha value is -2.08. The van der Waals surface area contributed by atoms with Gasteiger partial charge in [0.1, 0.15) is 6.04 Å². The molecule has 1 unspecified atom stereocenters. The second-order valence-electron chi connectivity index (χ2n) is 5.93. The van der Waals surface area contributed by atoms with Gasteiger partial charge in [-0.15, -0.1) is 0 Å². The lowest BCUT2D eigenvalue weighted by atomic mass is 10.1. The van der Waals surface area contributed by atoms with Gasteiger partial charge < -0.3 is 15.5 Å². The molecule has 118 valence electrons. The summed E-state index contributed by atoms with van der Waals surface area (Å²) >= 11 is 0. The summed E-state index contributed by atoms with van der Waals surface area (Å²) in [5.74, 6) is 0.0221. The fourth-order valence-electron chi connectivity index (χ4n) is 2.98. The summed E-state index contributed by atoms with van der Waals surface area (Å²) in [6.45, 7) is 6.62. The van der Waals surface area contributed by atoms with Crippen LogP contribution in [0.25, 0.3) is 0 Å². The molecule has 6 heteroatoms. The van der Waals surface area contributed by atoms with Crippen LogP contribution in [0.5, 0.6) is 0 Å². The van der Waals surface area contributed by atoms with Gasteiger partial charge in [0, 0.05) is 39.3 Å². The first-order valence-corrected chi connectivity index (χ1v) is 7.73. The first kappa shape index (κ1) is 14.8. The second-order valence-corrected chi connectivity index (χ2v) is 5.93. The number of hydrogen-bond acceptors (Lipinski definition) is 3. The van der Waals surface area contributed by atoms with Crippen molar-refractivity contribution in [2.24, 2.45) is 0 Å². The van der Waals surface area contributed by atoms with Gasteiger partial charge in [-0.3, -0.25) is 9.69 Å². The van der Waals surface area contributed by atoms with Gasteiger partial charge >= 0.3 is 6.03 Å². The van der Waals surface area contributed by atoms with Gasteiger partial charge in [-0.25, -0.2) is 4.79 Å². The number of amides is 3. The van der Waals surface area contributed by atoms with E-state index in [1.165, 1.54) is 11.1 Å². The summed E-state index contributed by atoms with van der Waals surface area (Å²) in [7, 11) is 0. The fraction of sp³-hybridized carbons (Fsp3) is 0.500. The van der Waals surface area contributed by atoms with Crippen molar-refractivity contribution in [3.05, 3.63) is 35.4 Å². The number of nitrogens with one attached hydrogen (secondary N) is 2. The Kier molecular flexibility index (Phi) is 4.29. The van der Waals surface area contributed by atoms with Crippen LogP contribution in [0.15, 0.2) is 24.3 Å². The van der Waals surface area contributed by atoms with E-state index in [1.807, 2.05) is 4.90 Å². The highest BCUT2D eigenvalue weighted by atomic mass is 16.2. The molecule has 3 rings (SSSR count). The predicted octanol–water partition coefficient (Wildman–Crippen LogP) is 0.321. The van der Waals surface area contributed by atoms with E-state index in [1.54, 1.807) is 0 Å². The molecule has 0 spiro atoms. The van der Waals surface area contributed by atoms with Crippen molar-refractivity contribution in [2.45, 2.75) is 19.5 Å². The summed E-state index contributed by atoms with van der Waals surface area (Å²) in [4.78, 5) is 27.7. The third-order valence-corrected chi connectivity index (χ3v) is 4.41. The van der Waals surface area contributed by atoms with Crippen LogP contribution < -0.4 is 10.6 Å². The normalized spacial score (nSPS) is 22.3. The quantitative estimate of drug-likeness (QED) is 0.845. The number of urea groups is 1. The van der Waals surface area contributed by atoms with Crippen LogP contribution in [-0.2, 0) is 11.3 Å². The molecule has 6 nitrogen and oxygen atoms in total. The summed E-state index contributed by atoms with van der Waals surface area (Å²) < 4.78 is 0. The molecule has 0 saturated carbocycles. The fourth-order valence-corrected chi connectivity index (χ4v) is 2.98. The van der Waals surface area contributed by atoms with Crippen LogP contribution in [-0.4, -0.2) is 60.5 Å². The Morgan fingerprint density at radius 3 is 2.59 bits per heavy atom. The molecule has 2 fully saturated rings. The molecule has 2 aliphatic heterocycles. The SMILES string of the molecule is Cc1ccccc1CN1CCN(C(=O)C2CNC(=O)N2)CC1.